The Morgan fingerprint density at radius 1 is 0.234 bits per heavy atom. The van der Waals surface area contributed by atoms with Crippen molar-refractivity contribution < 1.29 is 173 Å². The minimum Gasteiger partial charge on any atom is -0.562 e. The van der Waals surface area contributed by atoms with Gasteiger partial charge in [0.05, 0.1) is 0 Å². The van der Waals surface area contributed by atoms with Gasteiger partial charge in [0.1, 0.15) is 0 Å². The molecule has 4 nitrogen and oxygen atoms in total. The van der Waals surface area contributed by atoms with E-state index in [1.54, 1.807) is 0 Å². The molecule has 0 aromatic heterocycles. The van der Waals surface area contributed by atoms with Gasteiger partial charge in [-0.2, -0.15) is 158 Å². The van der Waals surface area contributed by atoms with Gasteiger partial charge in [-0.25, -0.2) is 0 Å². The standard InChI is InChI=1S/4C4F9O.3C2H5.2Al/c4*5-2(6,7)1(14,3(8,9)10)4(11,12)13;3*1-2;;/h;;;;3*1H2,2H3;;/q4*-1;;;;;+3. The van der Waals surface area contributed by atoms with Gasteiger partial charge in [-0.05, 0) is 0 Å². The average molecular weight is 1080 g/mol. The van der Waals surface area contributed by atoms with E-state index in [1.807, 2.05) is 0 Å². The topological polar surface area (TPSA) is 36.9 Å². The van der Waals surface area contributed by atoms with Crippen LogP contribution in [-0.2, 0) is 15.2 Å². The molecule has 0 N–H and O–H groups in total. The van der Waals surface area contributed by atoms with Gasteiger partial charge in [0.15, 0.2) is 0 Å². The molecule has 0 saturated heterocycles. The zero-order valence-electron chi connectivity index (χ0n) is 29.5. The number of hydrogen-bond donors (Lipinski definition) is 0. The highest BCUT2D eigenvalue weighted by molar-refractivity contribution is 6.58. The second kappa shape index (κ2) is 18.4. The molecule has 386 valence electrons. The Hall–Kier alpha value is -1.62. The summed E-state index contributed by atoms with van der Waals surface area (Å²) in [4.78, 5) is 0. The molecule has 0 amide bonds. The van der Waals surface area contributed by atoms with Crippen LogP contribution in [0.1, 0.15) is 20.8 Å². The first kappa shape index (κ1) is 64.5. The van der Waals surface area contributed by atoms with E-state index in [1.165, 1.54) is 15.8 Å². The summed E-state index contributed by atoms with van der Waals surface area (Å²) >= 11 is -14.0. The van der Waals surface area contributed by atoms with Crippen LogP contribution in [0.5, 0.6) is 0 Å². The van der Waals surface area contributed by atoms with Crippen molar-refractivity contribution in [2.75, 3.05) is 0 Å². The molecular formula is C22H15Al2F36O4-. The Balaban J connectivity index is 0. The van der Waals surface area contributed by atoms with Crippen molar-refractivity contribution in [3.8, 4) is 0 Å². The number of alkyl halides is 36. The highest BCUT2D eigenvalue weighted by atomic mass is 27.3. The Morgan fingerprint density at radius 2 is 0.328 bits per heavy atom. The van der Waals surface area contributed by atoms with Gasteiger partial charge in [-0.1, -0.05) is 36.6 Å². The normalized spacial score (nSPS) is 16.2. The van der Waals surface area contributed by atoms with E-state index in [0.29, 0.717) is 0 Å². The van der Waals surface area contributed by atoms with Crippen LogP contribution in [0.25, 0.3) is 0 Å². The first-order valence-corrected chi connectivity index (χ1v) is 19.2. The van der Waals surface area contributed by atoms with E-state index >= 15 is 0 Å². The Morgan fingerprint density at radius 3 is 0.375 bits per heavy atom. The molecule has 0 atom stereocenters. The summed E-state index contributed by atoms with van der Waals surface area (Å²) in [6.07, 6.45) is -116. The minimum absolute atomic E-state index is 0.171. The third-order valence-electron chi connectivity index (χ3n) is 7.81. The third kappa shape index (κ3) is 11.4. The van der Waals surface area contributed by atoms with Gasteiger partial charge in [-0.3, -0.25) is 0 Å². The number of rotatable bonds is 11. The van der Waals surface area contributed by atoms with Crippen LogP contribution in [0.3, 0.4) is 0 Å². The van der Waals surface area contributed by atoms with Crippen LogP contribution in [0.4, 0.5) is 158 Å². The first-order chi connectivity index (χ1) is 27.2. The SMILES string of the molecule is C[CH2][Al]([CH2]C)[CH2]C.FC(F)(F)C([O][Al-]([O]C(C(F)(F)F)(C(F)(F)F)C(F)(F)F)([O]C(C(F)(F)F)(C(F)(F)F)C(F)(F)F)[O]C(C(F)(F)F)(C(F)(F)F)C(F)(F)F)(C(F)(F)F)C(F)(F)F. The van der Waals surface area contributed by atoms with Crippen molar-refractivity contribution in [3.63, 3.8) is 0 Å². The largest absolute Gasteiger partial charge is 0.879 e. The van der Waals surface area contributed by atoms with Crippen molar-refractivity contribution in [1.82, 2.24) is 0 Å². The van der Waals surface area contributed by atoms with E-state index in [2.05, 4.69) is 20.8 Å². The van der Waals surface area contributed by atoms with E-state index in [0.717, 1.165) is 15.2 Å². The van der Waals surface area contributed by atoms with Crippen LogP contribution in [0, 0.1) is 0 Å². The molecule has 0 fully saturated rings. The average Bonchev–Trinajstić information content (AvgIpc) is 2.93. The second-order valence-electron chi connectivity index (χ2n) is 11.8. The second-order valence-corrected chi connectivity index (χ2v) is 18.1. The fourth-order valence-electron chi connectivity index (χ4n) is 4.61. The summed E-state index contributed by atoms with van der Waals surface area (Å²) in [7, 11) is 0. The van der Waals surface area contributed by atoms with Crippen LogP contribution in [0.15, 0.2) is 0 Å². The summed E-state index contributed by atoms with van der Waals surface area (Å²) in [5.74, 6) is 0. The van der Waals surface area contributed by atoms with Gasteiger partial charge in [-0.15, -0.1) is 0 Å². The predicted octanol–water partition coefficient (Wildman–Crippen LogP) is 13.7. The maximum Gasteiger partial charge on any atom is 0.879 e. The number of halogens is 36. The monoisotopic (exact) mass is 1080 g/mol. The molecule has 0 unspecified atom stereocenters. The highest BCUT2D eigenvalue weighted by Crippen LogP contribution is 2.65. The molecule has 0 aromatic carbocycles. The molecule has 0 heterocycles. The molecule has 0 spiro atoms. The summed E-state index contributed by atoms with van der Waals surface area (Å²) in [5, 5.41) is 4.48. The Kier molecular flexibility index (Phi) is 18.5. The summed E-state index contributed by atoms with van der Waals surface area (Å²) < 4.78 is 493. The fraction of sp³-hybridized carbons (Fsp3) is 1.00. The molecule has 0 aliphatic carbocycles. The van der Waals surface area contributed by atoms with Crippen molar-refractivity contribution in [2.45, 2.75) is 133 Å². The fourth-order valence-corrected chi connectivity index (χ4v) is 9.96. The quantitative estimate of drug-likeness (QED) is 0.153. The minimum atomic E-state index is -13.8. The third-order valence-corrected chi connectivity index (χ3v) is 13.8. The predicted molar refractivity (Wildman–Crippen MR) is 131 cm³/mol. The van der Waals surface area contributed by atoms with Crippen molar-refractivity contribution in [3.05, 3.63) is 0 Å². The molecule has 0 aliphatic rings. The van der Waals surface area contributed by atoms with Crippen LogP contribution in [-0.4, -0.2) is 125 Å². The van der Waals surface area contributed by atoms with Crippen LogP contribution >= 0.6 is 0 Å². The van der Waals surface area contributed by atoms with Gasteiger partial charge in [0.2, 0.25) is 0 Å². The molecule has 42 heteroatoms. The lowest BCUT2D eigenvalue weighted by molar-refractivity contribution is -0.500. The van der Waals surface area contributed by atoms with Gasteiger partial charge in [0, 0.05) is 0 Å². The van der Waals surface area contributed by atoms with Crippen molar-refractivity contribution in [2.24, 2.45) is 0 Å². The summed E-state index contributed by atoms with van der Waals surface area (Å²) in [5.41, 5.74) is -40.5. The van der Waals surface area contributed by atoms with E-state index in [9.17, 15) is 158 Å². The zero-order valence-corrected chi connectivity index (χ0v) is 31.8. The Bertz CT molecular complexity index is 1120. The lowest BCUT2D eigenvalue weighted by Crippen LogP contribution is -2.83. The van der Waals surface area contributed by atoms with Crippen molar-refractivity contribution >= 4 is 28.6 Å². The number of hydrogen-bond acceptors (Lipinski definition) is 4. The molecule has 0 radical (unpaired) electrons. The molecule has 0 saturated carbocycles. The lowest BCUT2D eigenvalue weighted by Gasteiger charge is -2.57. The van der Waals surface area contributed by atoms with Crippen LogP contribution in [0.2, 0.25) is 15.8 Å². The lowest BCUT2D eigenvalue weighted by atomic mass is 10.0. The smallest absolute Gasteiger partial charge is 0.562 e. The van der Waals surface area contributed by atoms with Gasteiger partial charge >= 0.3 is 111 Å². The van der Waals surface area contributed by atoms with Crippen molar-refractivity contribution in [1.29, 1.82) is 0 Å². The van der Waals surface area contributed by atoms with E-state index < -0.39 is 111 Å². The summed E-state index contributed by atoms with van der Waals surface area (Å²) in [6.45, 7) is 6.97. The Labute approximate surface area is 335 Å². The molecule has 0 rings (SSSR count). The highest BCUT2D eigenvalue weighted by Gasteiger charge is 2.96. The zero-order chi connectivity index (χ0) is 53.0. The molecule has 0 aliphatic heterocycles. The van der Waals surface area contributed by atoms with Crippen LogP contribution < -0.4 is 0 Å². The van der Waals surface area contributed by atoms with Gasteiger partial charge in [0.25, 0.3) is 14.1 Å². The van der Waals surface area contributed by atoms with E-state index in [-0.39, 0.29) is 14.1 Å². The molecule has 64 heavy (non-hydrogen) atoms. The molecular weight excluding hydrogens is 1070 g/mol. The maximum absolute atomic E-state index is 13.8. The first-order valence-electron chi connectivity index (χ1n) is 14.9. The van der Waals surface area contributed by atoms with E-state index in [4.69, 9.17) is 0 Å². The molecule has 0 bridgehead atoms. The molecule has 0 aromatic rings. The van der Waals surface area contributed by atoms with Gasteiger partial charge < -0.3 is 15.2 Å². The summed E-state index contributed by atoms with van der Waals surface area (Å²) in [6, 6.07) is 0. The maximum atomic E-state index is 13.6.